The molecule has 0 aliphatic rings. The average molecular weight is 269 g/mol. The second-order valence-electron chi connectivity index (χ2n) is 3.68. The average Bonchev–Trinajstić information content (AvgIpc) is 2.32. The summed E-state index contributed by atoms with van der Waals surface area (Å²) in [5.41, 5.74) is 0.333. The maximum atomic E-state index is 13.5. The van der Waals surface area contributed by atoms with Crippen LogP contribution in [0, 0.1) is 17.1 Å². The van der Waals surface area contributed by atoms with Gasteiger partial charge in [-0.1, -0.05) is 13.0 Å². The van der Waals surface area contributed by atoms with E-state index in [9.17, 15) is 13.4 Å². The molecular weight excluding hydrogens is 257 g/mol. The number of carboxylic acids is 1. The van der Waals surface area contributed by atoms with Crippen molar-refractivity contribution < 1.29 is 18.5 Å². The zero-order chi connectivity index (χ0) is 13.7. The molecule has 0 spiro atoms. The third kappa shape index (κ3) is 3.37. The van der Waals surface area contributed by atoms with Gasteiger partial charge in [0.1, 0.15) is 11.1 Å². The highest BCUT2D eigenvalue weighted by Gasteiger charge is 2.23. The fourth-order valence-electron chi connectivity index (χ4n) is 1.46. The van der Waals surface area contributed by atoms with Crippen molar-refractivity contribution in [3.63, 3.8) is 0 Å². The van der Waals surface area contributed by atoms with E-state index < -0.39 is 27.8 Å². The molecule has 0 amide bonds. The Morgan fingerprint density at radius 1 is 1.61 bits per heavy atom. The molecule has 0 aliphatic heterocycles. The zero-order valence-corrected chi connectivity index (χ0v) is 10.5. The molecule has 0 aromatic heterocycles. The minimum Gasteiger partial charge on any atom is -0.480 e. The first-order valence-electron chi connectivity index (χ1n) is 5.28. The van der Waals surface area contributed by atoms with Crippen molar-refractivity contribution in [3.05, 3.63) is 35.1 Å². The number of nitrogens with zero attached hydrogens (tertiary/aromatic N) is 1. The van der Waals surface area contributed by atoms with Gasteiger partial charge in [-0.05, 0) is 18.6 Å². The van der Waals surface area contributed by atoms with Crippen molar-refractivity contribution in [1.29, 1.82) is 5.26 Å². The van der Waals surface area contributed by atoms with Gasteiger partial charge in [0.05, 0.1) is 17.4 Å². The number of benzene rings is 1. The van der Waals surface area contributed by atoms with Crippen molar-refractivity contribution >= 4 is 16.8 Å². The second-order valence-corrected chi connectivity index (χ2v) is 5.30. The predicted molar refractivity (Wildman–Crippen MR) is 64.7 cm³/mol. The molecule has 1 aromatic carbocycles. The van der Waals surface area contributed by atoms with Crippen LogP contribution in [0.3, 0.4) is 0 Å². The topological polar surface area (TPSA) is 78.2 Å². The molecule has 0 radical (unpaired) electrons. The molecule has 2 atom stereocenters. The van der Waals surface area contributed by atoms with Crippen molar-refractivity contribution in [2.45, 2.75) is 24.3 Å². The summed E-state index contributed by atoms with van der Waals surface area (Å²) in [5.74, 6) is -1.95. The molecule has 6 heteroatoms. The van der Waals surface area contributed by atoms with Crippen LogP contribution in [0.5, 0.6) is 0 Å². The van der Waals surface area contributed by atoms with Gasteiger partial charge < -0.3 is 5.11 Å². The van der Waals surface area contributed by atoms with E-state index in [1.165, 1.54) is 12.1 Å². The quantitative estimate of drug-likeness (QED) is 0.884. The molecular formula is C12H12FNO3S. The Labute approximate surface area is 107 Å². The highest BCUT2D eigenvalue weighted by molar-refractivity contribution is 7.85. The van der Waals surface area contributed by atoms with E-state index >= 15 is 0 Å². The molecule has 1 aromatic rings. The number of carboxylic acid groups (broad SMARTS) is 1. The minimum atomic E-state index is -1.68. The van der Waals surface area contributed by atoms with Gasteiger partial charge in [0.25, 0.3) is 0 Å². The fourth-order valence-corrected chi connectivity index (χ4v) is 2.80. The van der Waals surface area contributed by atoms with Gasteiger partial charge in [-0.25, -0.2) is 4.39 Å². The van der Waals surface area contributed by atoms with Gasteiger partial charge in [-0.15, -0.1) is 0 Å². The Balaban J connectivity index is 2.89. The van der Waals surface area contributed by atoms with Crippen LogP contribution in [0.4, 0.5) is 4.39 Å². The van der Waals surface area contributed by atoms with Crippen LogP contribution in [0.2, 0.25) is 0 Å². The minimum absolute atomic E-state index is 0.159. The Morgan fingerprint density at radius 2 is 2.28 bits per heavy atom. The summed E-state index contributed by atoms with van der Waals surface area (Å²) in [5, 5.41) is 16.4. The lowest BCUT2D eigenvalue weighted by molar-refractivity contribution is -0.136. The van der Waals surface area contributed by atoms with Crippen LogP contribution < -0.4 is 0 Å². The Morgan fingerprint density at radius 3 is 2.72 bits per heavy atom. The fraction of sp³-hybridized carbons (Fsp3) is 0.333. The molecule has 0 heterocycles. The van der Waals surface area contributed by atoms with E-state index in [2.05, 4.69) is 0 Å². The summed E-state index contributed by atoms with van der Waals surface area (Å²) in [6.07, 6.45) is 0.222. The van der Waals surface area contributed by atoms with E-state index in [1.807, 2.05) is 0 Å². The molecule has 0 saturated heterocycles. The second kappa shape index (κ2) is 6.26. The van der Waals surface area contributed by atoms with Gasteiger partial charge in [0.2, 0.25) is 0 Å². The molecule has 0 saturated carbocycles. The molecule has 0 bridgehead atoms. The normalized spacial score (nSPS) is 13.6. The SMILES string of the molecule is CCC(C(=O)O)S(=O)Cc1ccc(C#N)cc1F. The zero-order valence-electron chi connectivity index (χ0n) is 9.72. The van der Waals surface area contributed by atoms with Crippen LogP contribution in [-0.2, 0) is 21.3 Å². The summed E-state index contributed by atoms with van der Waals surface area (Å²) in [7, 11) is -1.68. The third-order valence-corrected chi connectivity index (χ3v) is 4.21. The molecule has 1 N–H and O–H groups in total. The Hall–Kier alpha value is -1.74. The number of nitriles is 1. The molecule has 2 unspecified atom stereocenters. The summed E-state index contributed by atoms with van der Waals surface area (Å²) < 4.78 is 25.3. The molecule has 1 rings (SSSR count). The Kier molecular flexibility index (Phi) is 4.98. The molecule has 4 nitrogen and oxygen atoms in total. The summed E-state index contributed by atoms with van der Waals surface area (Å²) in [6, 6.07) is 5.62. The number of hydrogen-bond acceptors (Lipinski definition) is 3. The molecule has 96 valence electrons. The van der Waals surface area contributed by atoms with Crippen LogP contribution in [0.1, 0.15) is 24.5 Å². The standard InChI is InChI=1S/C12H12FNO3S/c1-2-11(12(15)16)18(17)7-9-4-3-8(6-14)5-10(9)13/h3-5,11H,2,7H2,1H3,(H,15,16). The highest BCUT2D eigenvalue weighted by Crippen LogP contribution is 2.15. The van der Waals surface area contributed by atoms with Gasteiger partial charge >= 0.3 is 5.97 Å². The maximum absolute atomic E-state index is 13.5. The monoisotopic (exact) mass is 269 g/mol. The summed E-state index contributed by atoms with van der Waals surface area (Å²) in [4.78, 5) is 10.8. The summed E-state index contributed by atoms with van der Waals surface area (Å²) in [6.45, 7) is 1.62. The van der Waals surface area contributed by atoms with Gasteiger partial charge in [0.15, 0.2) is 0 Å². The Bertz CT molecular complexity index is 525. The first-order chi connectivity index (χ1) is 8.49. The first kappa shape index (κ1) is 14.3. The van der Waals surface area contributed by atoms with Gasteiger partial charge in [-0.3, -0.25) is 9.00 Å². The van der Waals surface area contributed by atoms with E-state index in [4.69, 9.17) is 10.4 Å². The van der Waals surface area contributed by atoms with Crippen molar-refractivity contribution in [2.24, 2.45) is 0 Å². The lowest BCUT2D eigenvalue weighted by Gasteiger charge is -2.10. The third-order valence-electron chi connectivity index (χ3n) is 2.44. The lowest BCUT2D eigenvalue weighted by atomic mass is 10.1. The molecule has 0 aliphatic carbocycles. The van der Waals surface area contributed by atoms with Crippen molar-refractivity contribution in [1.82, 2.24) is 0 Å². The van der Waals surface area contributed by atoms with Crippen molar-refractivity contribution in [3.8, 4) is 6.07 Å². The predicted octanol–water partition coefficient (Wildman–Crippen LogP) is 1.81. The maximum Gasteiger partial charge on any atom is 0.319 e. The molecule has 18 heavy (non-hydrogen) atoms. The van der Waals surface area contributed by atoms with Crippen molar-refractivity contribution in [2.75, 3.05) is 0 Å². The number of rotatable bonds is 5. The number of hydrogen-bond donors (Lipinski definition) is 1. The smallest absolute Gasteiger partial charge is 0.319 e. The largest absolute Gasteiger partial charge is 0.480 e. The van der Waals surface area contributed by atoms with Crippen LogP contribution >= 0.6 is 0 Å². The number of halogens is 1. The highest BCUT2D eigenvalue weighted by atomic mass is 32.2. The number of aliphatic carboxylic acids is 1. The van der Waals surface area contributed by atoms with Gasteiger partial charge in [0, 0.05) is 16.4 Å². The van der Waals surface area contributed by atoms with Crippen LogP contribution in [0.15, 0.2) is 18.2 Å². The molecule has 0 fully saturated rings. The summed E-state index contributed by atoms with van der Waals surface area (Å²) >= 11 is 0. The lowest BCUT2D eigenvalue weighted by Crippen LogP contribution is -2.25. The van der Waals surface area contributed by atoms with E-state index in [1.54, 1.807) is 13.0 Å². The van der Waals surface area contributed by atoms with E-state index in [-0.39, 0.29) is 23.3 Å². The first-order valence-corrected chi connectivity index (χ1v) is 6.66. The van der Waals surface area contributed by atoms with E-state index in [0.717, 1.165) is 6.07 Å². The van der Waals surface area contributed by atoms with Gasteiger partial charge in [-0.2, -0.15) is 5.26 Å². The van der Waals surface area contributed by atoms with Crippen LogP contribution in [0.25, 0.3) is 0 Å². The van der Waals surface area contributed by atoms with E-state index in [0.29, 0.717) is 0 Å². The van der Waals surface area contributed by atoms with Crippen LogP contribution in [-0.4, -0.2) is 20.5 Å². The number of carbonyl (C=O) groups is 1.